The molecule has 0 bridgehead atoms. The zero-order valence-electron chi connectivity index (χ0n) is 8.28. The molecule has 0 unspecified atom stereocenters. The first-order valence-electron chi connectivity index (χ1n) is 4.27. The van der Waals surface area contributed by atoms with Gasteiger partial charge in [0.25, 0.3) is 12.1 Å². The third kappa shape index (κ3) is 2.28. The number of nitro groups is 1. The van der Waals surface area contributed by atoms with Crippen LogP contribution in [0.3, 0.4) is 0 Å². The van der Waals surface area contributed by atoms with Gasteiger partial charge in [-0.05, 0) is 13.0 Å². The number of pyridine rings is 1. The molecule has 5 nitrogen and oxygen atoms in total. The minimum atomic E-state index is -3.03. The van der Waals surface area contributed by atoms with Crippen molar-refractivity contribution in [1.82, 2.24) is 4.98 Å². The summed E-state index contributed by atoms with van der Waals surface area (Å²) in [5.41, 5.74) is -1.37. The van der Waals surface area contributed by atoms with E-state index in [0.717, 1.165) is 0 Å². The number of hydrogen-bond acceptors (Lipinski definition) is 4. The van der Waals surface area contributed by atoms with Crippen LogP contribution in [0.15, 0.2) is 6.07 Å². The molecule has 0 saturated heterocycles. The molecular weight excluding hydrogens is 220 g/mol. The summed E-state index contributed by atoms with van der Waals surface area (Å²) in [7, 11) is 0. The van der Waals surface area contributed by atoms with Crippen molar-refractivity contribution < 1.29 is 13.7 Å². The lowest BCUT2D eigenvalue weighted by Gasteiger charge is -2.05. The molecule has 0 aliphatic rings. The molecule has 0 aliphatic heterocycles. The van der Waals surface area contributed by atoms with Crippen LogP contribution < -0.4 is 0 Å². The first-order valence-corrected chi connectivity index (χ1v) is 4.27. The maximum Gasteiger partial charge on any atom is 0.299 e. The molecule has 1 aromatic rings. The molecule has 0 saturated carbocycles. The smallest absolute Gasteiger partial charge is 0.258 e. The van der Waals surface area contributed by atoms with Crippen molar-refractivity contribution in [3.05, 3.63) is 33.1 Å². The van der Waals surface area contributed by atoms with Crippen LogP contribution in [0.5, 0.6) is 0 Å². The molecule has 0 aliphatic carbocycles. The normalized spacial score (nSPS) is 10.2. The highest BCUT2D eigenvalue weighted by atomic mass is 19.3. The van der Waals surface area contributed by atoms with E-state index < -0.39 is 22.7 Å². The second-order valence-corrected chi connectivity index (χ2v) is 3.06. The summed E-state index contributed by atoms with van der Waals surface area (Å²) in [5.74, 6) is 0. The number of alkyl halides is 2. The molecule has 16 heavy (non-hydrogen) atoms. The molecule has 1 rings (SSSR count). The third-order valence-electron chi connectivity index (χ3n) is 1.91. The molecule has 0 radical (unpaired) electrons. The van der Waals surface area contributed by atoms with Crippen molar-refractivity contribution in [2.24, 2.45) is 0 Å². The first kappa shape index (κ1) is 12.0. The van der Waals surface area contributed by atoms with Gasteiger partial charge in [-0.25, -0.2) is 13.8 Å². The van der Waals surface area contributed by atoms with Gasteiger partial charge >= 0.3 is 0 Å². The maximum absolute atomic E-state index is 12.5. The molecule has 1 heterocycles. The van der Waals surface area contributed by atoms with Gasteiger partial charge in [-0.3, -0.25) is 10.1 Å². The number of aryl methyl sites for hydroxylation is 1. The largest absolute Gasteiger partial charge is 0.299 e. The van der Waals surface area contributed by atoms with Crippen molar-refractivity contribution >= 4 is 5.69 Å². The predicted molar refractivity (Wildman–Crippen MR) is 49.9 cm³/mol. The lowest BCUT2D eigenvalue weighted by molar-refractivity contribution is -0.387. The Kier molecular flexibility index (Phi) is 3.45. The highest BCUT2D eigenvalue weighted by Gasteiger charge is 2.26. The minimum absolute atomic E-state index is 0.0838. The standard InChI is InChI=1S/C9H7F2N3O2/c1-5-4-6(2-3-12)13-7(9(10)11)8(5)14(15)16/h4,9H,2H2,1H3. The van der Waals surface area contributed by atoms with E-state index in [9.17, 15) is 18.9 Å². The van der Waals surface area contributed by atoms with E-state index in [1.165, 1.54) is 13.0 Å². The summed E-state index contributed by atoms with van der Waals surface area (Å²) in [4.78, 5) is 13.1. The summed E-state index contributed by atoms with van der Waals surface area (Å²) in [5, 5.41) is 19.0. The molecule has 0 fully saturated rings. The molecule has 84 valence electrons. The second kappa shape index (κ2) is 4.61. The highest BCUT2D eigenvalue weighted by Crippen LogP contribution is 2.30. The summed E-state index contributed by atoms with van der Waals surface area (Å²) < 4.78 is 25.1. The Morgan fingerprint density at radius 3 is 2.75 bits per heavy atom. The number of rotatable bonds is 3. The third-order valence-corrected chi connectivity index (χ3v) is 1.91. The molecule has 0 atom stereocenters. The number of hydrogen-bond donors (Lipinski definition) is 0. The van der Waals surface area contributed by atoms with Gasteiger partial charge in [-0.15, -0.1) is 0 Å². The summed E-state index contributed by atoms with van der Waals surface area (Å²) in [6.45, 7) is 1.34. The van der Waals surface area contributed by atoms with E-state index in [1.807, 2.05) is 0 Å². The zero-order valence-corrected chi connectivity index (χ0v) is 8.28. The average molecular weight is 227 g/mol. The van der Waals surface area contributed by atoms with E-state index >= 15 is 0 Å². The van der Waals surface area contributed by atoms with Gasteiger partial charge in [-0.2, -0.15) is 5.26 Å². The van der Waals surface area contributed by atoms with E-state index in [0.29, 0.717) is 0 Å². The molecule has 0 spiro atoms. The topological polar surface area (TPSA) is 79.8 Å². The summed E-state index contributed by atoms with van der Waals surface area (Å²) in [6.07, 6.45) is -3.18. The second-order valence-electron chi connectivity index (χ2n) is 3.06. The Balaban J connectivity index is 3.40. The Morgan fingerprint density at radius 1 is 1.69 bits per heavy atom. The minimum Gasteiger partial charge on any atom is -0.258 e. The highest BCUT2D eigenvalue weighted by molar-refractivity contribution is 5.45. The average Bonchev–Trinajstić information content (AvgIpc) is 2.16. The maximum atomic E-state index is 12.5. The molecule has 0 N–H and O–H groups in total. The lowest BCUT2D eigenvalue weighted by Crippen LogP contribution is -2.04. The van der Waals surface area contributed by atoms with Crippen LogP contribution in [0.25, 0.3) is 0 Å². The van der Waals surface area contributed by atoms with E-state index in [4.69, 9.17) is 5.26 Å². The fourth-order valence-electron chi connectivity index (χ4n) is 1.32. The molecule has 0 amide bonds. The van der Waals surface area contributed by atoms with Crippen LogP contribution in [0.2, 0.25) is 0 Å². The van der Waals surface area contributed by atoms with Gasteiger partial charge in [-0.1, -0.05) is 0 Å². The predicted octanol–water partition coefficient (Wildman–Crippen LogP) is 2.30. The lowest BCUT2D eigenvalue weighted by atomic mass is 10.1. The van der Waals surface area contributed by atoms with Gasteiger partial charge < -0.3 is 0 Å². The van der Waals surface area contributed by atoms with Crippen molar-refractivity contribution in [3.8, 4) is 6.07 Å². The Hall–Kier alpha value is -2.10. The fourth-order valence-corrected chi connectivity index (χ4v) is 1.32. The number of nitriles is 1. The van der Waals surface area contributed by atoms with E-state index in [2.05, 4.69) is 4.98 Å². The number of halogens is 2. The monoisotopic (exact) mass is 227 g/mol. The van der Waals surface area contributed by atoms with Crippen LogP contribution in [0, 0.1) is 28.4 Å². The Bertz CT molecular complexity index is 469. The molecular formula is C9H7F2N3O2. The van der Waals surface area contributed by atoms with Gasteiger partial charge in [0.15, 0.2) is 5.69 Å². The van der Waals surface area contributed by atoms with Crippen LogP contribution >= 0.6 is 0 Å². The van der Waals surface area contributed by atoms with Crippen molar-refractivity contribution in [2.75, 3.05) is 0 Å². The van der Waals surface area contributed by atoms with Gasteiger partial charge in [0.1, 0.15) is 0 Å². The summed E-state index contributed by atoms with van der Waals surface area (Å²) in [6, 6.07) is 3.02. The number of nitrogens with zero attached hydrogens (tertiary/aromatic N) is 3. The molecule has 0 aromatic carbocycles. The fraction of sp³-hybridized carbons (Fsp3) is 0.333. The van der Waals surface area contributed by atoms with E-state index in [1.54, 1.807) is 6.07 Å². The quantitative estimate of drug-likeness (QED) is 0.586. The van der Waals surface area contributed by atoms with Gasteiger partial charge in [0.05, 0.1) is 23.1 Å². The summed E-state index contributed by atoms with van der Waals surface area (Å²) >= 11 is 0. The SMILES string of the molecule is Cc1cc(CC#N)nc(C(F)F)c1[N+](=O)[O-]. The first-order chi connectivity index (χ1) is 7.47. The number of aromatic nitrogens is 1. The van der Waals surface area contributed by atoms with Crippen molar-refractivity contribution in [2.45, 2.75) is 19.8 Å². The van der Waals surface area contributed by atoms with Crippen LogP contribution in [0.4, 0.5) is 14.5 Å². The van der Waals surface area contributed by atoms with Gasteiger partial charge in [0.2, 0.25) is 0 Å². The van der Waals surface area contributed by atoms with Crippen molar-refractivity contribution in [1.29, 1.82) is 5.26 Å². The van der Waals surface area contributed by atoms with Crippen LogP contribution in [-0.2, 0) is 6.42 Å². The zero-order chi connectivity index (χ0) is 12.3. The molecule has 1 aromatic heterocycles. The molecule has 7 heteroatoms. The van der Waals surface area contributed by atoms with Crippen LogP contribution in [-0.4, -0.2) is 9.91 Å². The van der Waals surface area contributed by atoms with E-state index in [-0.39, 0.29) is 17.7 Å². The van der Waals surface area contributed by atoms with Crippen molar-refractivity contribution in [3.63, 3.8) is 0 Å². The Labute approximate surface area is 89.5 Å². The van der Waals surface area contributed by atoms with Crippen LogP contribution in [0.1, 0.15) is 23.4 Å². The Morgan fingerprint density at radius 2 is 2.31 bits per heavy atom. The van der Waals surface area contributed by atoms with Gasteiger partial charge in [0, 0.05) is 5.56 Å².